The molecular weight excluding hydrogens is 212 g/mol. The lowest BCUT2D eigenvalue weighted by Crippen LogP contribution is -2.51. The maximum Gasteiger partial charge on any atom is 0.237 e. The Bertz CT molecular complexity index is 236. The van der Waals surface area contributed by atoms with Crippen molar-refractivity contribution in [3.8, 4) is 0 Å². The molecule has 0 aliphatic heterocycles. The third-order valence-electron chi connectivity index (χ3n) is 3.62. The van der Waals surface area contributed by atoms with E-state index >= 15 is 0 Å². The van der Waals surface area contributed by atoms with Gasteiger partial charge >= 0.3 is 0 Å². The van der Waals surface area contributed by atoms with Crippen LogP contribution in [0.3, 0.4) is 0 Å². The molecule has 2 atom stereocenters. The van der Waals surface area contributed by atoms with Crippen molar-refractivity contribution in [1.29, 1.82) is 0 Å². The Balaban J connectivity index is 4.07. The molecule has 102 valence electrons. The van der Waals surface area contributed by atoms with E-state index in [1.165, 1.54) is 0 Å². The summed E-state index contributed by atoms with van der Waals surface area (Å²) in [6.45, 7) is 15.6. The van der Waals surface area contributed by atoms with Crippen LogP contribution >= 0.6 is 0 Å². The van der Waals surface area contributed by atoms with Crippen molar-refractivity contribution in [3.63, 3.8) is 0 Å². The molecule has 2 unspecified atom stereocenters. The van der Waals surface area contributed by atoms with Crippen LogP contribution in [-0.4, -0.2) is 24.0 Å². The van der Waals surface area contributed by atoms with E-state index < -0.39 is 0 Å². The zero-order chi connectivity index (χ0) is 13.6. The first-order valence-corrected chi connectivity index (χ1v) is 6.75. The number of hydrogen-bond donors (Lipinski definition) is 2. The predicted molar refractivity (Wildman–Crippen MR) is 74.0 cm³/mol. The summed E-state index contributed by atoms with van der Waals surface area (Å²) in [6.07, 6.45) is 0.938. The third-order valence-corrected chi connectivity index (χ3v) is 3.62. The zero-order valence-corrected chi connectivity index (χ0v) is 12.6. The minimum atomic E-state index is -0.123. The van der Waals surface area contributed by atoms with Gasteiger partial charge in [0.15, 0.2) is 0 Å². The van der Waals surface area contributed by atoms with Gasteiger partial charge < -0.3 is 10.6 Å². The van der Waals surface area contributed by atoms with Crippen molar-refractivity contribution in [2.24, 2.45) is 11.8 Å². The standard InChI is InChI=1S/C14H30N2O/c1-8-14(6,7)16-13(17)12(5)15-9-11(4)10(2)3/h10-12,15H,8-9H2,1-7H3,(H,16,17). The van der Waals surface area contributed by atoms with Gasteiger partial charge in [-0.2, -0.15) is 0 Å². The molecule has 17 heavy (non-hydrogen) atoms. The average Bonchev–Trinajstić information content (AvgIpc) is 2.24. The number of rotatable bonds is 7. The first-order chi connectivity index (χ1) is 7.69. The normalized spacial score (nSPS) is 15.8. The lowest BCUT2D eigenvalue weighted by Gasteiger charge is -2.27. The highest BCUT2D eigenvalue weighted by atomic mass is 16.2. The Morgan fingerprint density at radius 1 is 1.18 bits per heavy atom. The van der Waals surface area contributed by atoms with Gasteiger partial charge in [-0.25, -0.2) is 0 Å². The fraction of sp³-hybridized carbons (Fsp3) is 0.929. The summed E-state index contributed by atoms with van der Waals surface area (Å²) in [5.41, 5.74) is -0.114. The summed E-state index contributed by atoms with van der Waals surface area (Å²) in [5.74, 6) is 1.32. The maximum absolute atomic E-state index is 11.9. The zero-order valence-electron chi connectivity index (χ0n) is 12.6. The second-order valence-electron chi connectivity index (χ2n) is 6.08. The lowest BCUT2D eigenvalue weighted by atomic mass is 9.98. The third kappa shape index (κ3) is 6.67. The molecule has 3 nitrogen and oxygen atoms in total. The topological polar surface area (TPSA) is 41.1 Å². The second-order valence-corrected chi connectivity index (χ2v) is 6.08. The van der Waals surface area contributed by atoms with Crippen LogP contribution in [0.2, 0.25) is 0 Å². The molecule has 0 rings (SSSR count). The molecule has 1 amide bonds. The van der Waals surface area contributed by atoms with Gasteiger partial charge in [0, 0.05) is 5.54 Å². The number of carbonyl (C=O) groups excluding carboxylic acids is 1. The van der Waals surface area contributed by atoms with E-state index in [1.54, 1.807) is 0 Å². The van der Waals surface area contributed by atoms with Crippen molar-refractivity contribution < 1.29 is 4.79 Å². The van der Waals surface area contributed by atoms with Crippen LogP contribution in [0.25, 0.3) is 0 Å². The van der Waals surface area contributed by atoms with Crippen molar-refractivity contribution in [2.45, 2.75) is 66.5 Å². The Morgan fingerprint density at radius 2 is 1.71 bits per heavy atom. The molecule has 0 aromatic rings. The highest BCUT2D eigenvalue weighted by molar-refractivity contribution is 5.81. The van der Waals surface area contributed by atoms with Gasteiger partial charge in [0.2, 0.25) is 5.91 Å². The summed E-state index contributed by atoms with van der Waals surface area (Å²) >= 11 is 0. The van der Waals surface area contributed by atoms with Crippen LogP contribution in [0.5, 0.6) is 0 Å². The van der Waals surface area contributed by atoms with Crippen LogP contribution in [0, 0.1) is 11.8 Å². The van der Waals surface area contributed by atoms with E-state index in [4.69, 9.17) is 0 Å². The predicted octanol–water partition coefficient (Wildman–Crippen LogP) is 2.56. The van der Waals surface area contributed by atoms with E-state index in [0.29, 0.717) is 11.8 Å². The van der Waals surface area contributed by atoms with Crippen LogP contribution in [0.1, 0.15) is 54.9 Å². The van der Waals surface area contributed by atoms with Crippen molar-refractivity contribution >= 4 is 5.91 Å². The van der Waals surface area contributed by atoms with E-state index in [1.807, 2.05) is 20.8 Å². The molecule has 3 heteroatoms. The molecule has 0 spiro atoms. The molecule has 0 bridgehead atoms. The van der Waals surface area contributed by atoms with Crippen LogP contribution < -0.4 is 10.6 Å². The smallest absolute Gasteiger partial charge is 0.237 e. The van der Waals surface area contributed by atoms with Gasteiger partial charge in [-0.15, -0.1) is 0 Å². The molecule has 0 aliphatic rings. The summed E-state index contributed by atoms with van der Waals surface area (Å²) in [4.78, 5) is 11.9. The Morgan fingerprint density at radius 3 is 2.12 bits per heavy atom. The molecule has 0 heterocycles. The Labute approximate surface area is 107 Å². The Kier molecular flexibility index (Phi) is 6.76. The minimum Gasteiger partial charge on any atom is -0.350 e. The number of hydrogen-bond acceptors (Lipinski definition) is 2. The highest BCUT2D eigenvalue weighted by Gasteiger charge is 2.21. The summed E-state index contributed by atoms with van der Waals surface area (Å²) in [5, 5.41) is 6.36. The fourth-order valence-corrected chi connectivity index (χ4v) is 1.22. The fourth-order valence-electron chi connectivity index (χ4n) is 1.22. The summed E-state index contributed by atoms with van der Waals surface area (Å²) in [6, 6.07) is -0.123. The molecule has 0 aliphatic carbocycles. The Hall–Kier alpha value is -0.570. The first kappa shape index (κ1) is 16.4. The van der Waals surface area contributed by atoms with Gasteiger partial charge in [0.1, 0.15) is 0 Å². The summed E-state index contributed by atoms with van der Waals surface area (Å²) < 4.78 is 0. The van der Waals surface area contributed by atoms with Crippen molar-refractivity contribution in [2.75, 3.05) is 6.54 Å². The average molecular weight is 242 g/mol. The van der Waals surface area contributed by atoms with E-state index in [-0.39, 0.29) is 17.5 Å². The molecular formula is C14H30N2O. The summed E-state index contributed by atoms with van der Waals surface area (Å²) in [7, 11) is 0. The molecule has 0 radical (unpaired) electrons. The van der Waals surface area contributed by atoms with Crippen molar-refractivity contribution in [3.05, 3.63) is 0 Å². The number of nitrogens with one attached hydrogen (secondary N) is 2. The molecule has 0 fully saturated rings. The van der Waals surface area contributed by atoms with Gasteiger partial charge in [0.25, 0.3) is 0 Å². The quantitative estimate of drug-likeness (QED) is 0.720. The van der Waals surface area contributed by atoms with Gasteiger partial charge in [0.05, 0.1) is 6.04 Å². The second kappa shape index (κ2) is 7.00. The molecule has 0 saturated heterocycles. The van der Waals surface area contributed by atoms with Crippen LogP contribution in [0.4, 0.5) is 0 Å². The van der Waals surface area contributed by atoms with Crippen LogP contribution in [0.15, 0.2) is 0 Å². The largest absolute Gasteiger partial charge is 0.350 e. The molecule has 0 saturated carbocycles. The first-order valence-electron chi connectivity index (χ1n) is 6.75. The van der Waals surface area contributed by atoms with Crippen LogP contribution in [-0.2, 0) is 4.79 Å². The monoisotopic (exact) mass is 242 g/mol. The van der Waals surface area contributed by atoms with E-state index in [0.717, 1.165) is 13.0 Å². The van der Waals surface area contributed by atoms with Gasteiger partial charge in [-0.1, -0.05) is 27.7 Å². The SMILES string of the molecule is CCC(C)(C)NC(=O)C(C)NCC(C)C(C)C. The van der Waals surface area contributed by atoms with Crippen molar-refractivity contribution in [1.82, 2.24) is 10.6 Å². The highest BCUT2D eigenvalue weighted by Crippen LogP contribution is 2.09. The molecule has 2 N–H and O–H groups in total. The van der Waals surface area contributed by atoms with Gasteiger partial charge in [-0.3, -0.25) is 4.79 Å². The van der Waals surface area contributed by atoms with E-state index in [9.17, 15) is 4.79 Å². The minimum absolute atomic E-state index is 0.0906. The molecule has 0 aromatic carbocycles. The molecule has 0 aromatic heterocycles. The maximum atomic E-state index is 11.9. The number of amides is 1. The number of carbonyl (C=O) groups is 1. The van der Waals surface area contributed by atoms with E-state index in [2.05, 4.69) is 38.3 Å². The lowest BCUT2D eigenvalue weighted by molar-refractivity contribution is -0.124. The van der Waals surface area contributed by atoms with Gasteiger partial charge in [-0.05, 0) is 45.6 Å².